The number of carboxylic acids is 1. The highest BCUT2D eigenvalue weighted by molar-refractivity contribution is 7.98. The van der Waals surface area contributed by atoms with E-state index in [4.69, 9.17) is 27.6 Å². The van der Waals surface area contributed by atoms with E-state index in [0.29, 0.717) is 18.0 Å². The van der Waals surface area contributed by atoms with Gasteiger partial charge in [-0.3, -0.25) is 4.79 Å². The molecular formula is C30H30Cl2N2O4S. The third-order valence-corrected chi connectivity index (χ3v) is 8.05. The van der Waals surface area contributed by atoms with E-state index in [2.05, 4.69) is 29.3 Å². The van der Waals surface area contributed by atoms with Crippen LogP contribution in [0.4, 0.5) is 0 Å². The minimum absolute atomic E-state index is 0.140. The molecule has 0 aliphatic carbocycles. The van der Waals surface area contributed by atoms with Gasteiger partial charge in [0.1, 0.15) is 11.6 Å². The van der Waals surface area contributed by atoms with Crippen LogP contribution in [0, 0.1) is 6.92 Å². The quantitative estimate of drug-likeness (QED) is 0.241. The topological polar surface area (TPSA) is 82.8 Å². The lowest BCUT2D eigenvalue weighted by molar-refractivity contribution is -0.139. The van der Waals surface area contributed by atoms with Crippen molar-refractivity contribution in [2.45, 2.75) is 37.2 Å². The number of thioether (sulfide) groups is 1. The zero-order valence-electron chi connectivity index (χ0n) is 22.0. The van der Waals surface area contributed by atoms with Crippen LogP contribution in [0.25, 0.3) is 11.0 Å². The fourth-order valence-electron chi connectivity index (χ4n) is 4.53. The van der Waals surface area contributed by atoms with Crippen molar-refractivity contribution in [2.75, 3.05) is 19.8 Å². The molecule has 0 unspecified atom stereocenters. The number of carbonyl (C=O) groups excluding carboxylic acids is 1. The first kappa shape index (κ1) is 29.0. The van der Waals surface area contributed by atoms with Gasteiger partial charge >= 0.3 is 5.97 Å². The van der Waals surface area contributed by atoms with Crippen molar-refractivity contribution < 1.29 is 19.1 Å². The molecule has 39 heavy (non-hydrogen) atoms. The molecule has 0 bridgehead atoms. The lowest BCUT2D eigenvalue weighted by Gasteiger charge is -2.27. The Balaban J connectivity index is 0.000000292. The van der Waals surface area contributed by atoms with Crippen LogP contribution in [0.2, 0.25) is 10.0 Å². The second-order valence-corrected chi connectivity index (χ2v) is 11.2. The summed E-state index contributed by atoms with van der Waals surface area (Å²) >= 11 is 14.5. The van der Waals surface area contributed by atoms with Gasteiger partial charge in [0, 0.05) is 29.8 Å². The molecule has 2 heterocycles. The van der Waals surface area contributed by atoms with Crippen LogP contribution >= 0.6 is 35.0 Å². The Hall–Kier alpha value is -2.97. The summed E-state index contributed by atoms with van der Waals surface area (Å²) in [7, 11) is 2.01. The number of carboxylic acid groups (broad SMARTS) is 1. The zero-order valence-corrected chi connectivity index (χ0v) is 24.3. The molecule has 1 aliphatic heterocycles. The fraction of sp³-hybridized carbons (Fsp3) is 0.267. The Morgan fingerprint density at radius 3 is 2.69 bits per heavy atom. The number of nitrogens with zero attached hydrogens (tertiary/aromatic N) is 1. The molecular weight excluding hydrogens is 555 g/mol. The second kappa shape index (κ2) is 12.9. The second-order valence-electron chi connectivity index (χ2n) is 9.55. The van der Waals surface area contributed by atoms with E-state index in [0.717, 1.165) is 33.7 Å². The predicted octanol–water partition coefficient (Wildman–Crippen LogP) is 6.87. The van der Waals surface area contributed by atoms with E-state index < -0.39 is 17.9 Å². The Labute approximate surface area is 242 Å². The molecule has 0 spiro atoms. The summed E-state index contributed by atoms with van der Waals surface area (Å²) in [6, 6.07) is 16.4. The third-order valence-electron chi connectivity index (χ3n) is 6.61. The van der Waals surface area contributed by atoms with Crippen molar-refractivity contribution in [3.05, 3.63) is 98.7 Å². The van der Waals surface area contributed by atoms with Gasteiger partial charge in [0.05, 0.1) is 21.9 Å². The van der Waals surface area contributed by atoms with Crippen molar-refractivity contribution in [2.24, 2.45) is 0 Å². The van der Waals surface area contributed by atoms with Crippen LogP contribution in [-0.4, -0.2) is 47.8 Å². The molecule has 6 nitrogen and oxygen atoms in total. The number of amides is 1. The molecule has 9 heteroatoms. The maximum Gasteiger partial charge on any atom is 0.326 e. The Morgan fingerprint density at radius 1 is 1.15 bits per heavy atom. The molecule has 4 aromatic rings. The smallest absolute Gasteiger partial charge is 0.326 e. The van der Waals surface area contributed by atoms with Crippen LogP contribution in [0.1, 0.15) is 32.6 Å². The average molecular weight is 586 g/mol. The maximum absolute atomic E-state index is 12.9. The number of hydrogen-bond donors (Lipinski definition) is 2. The van der Waals surface area contributed by atoms with E-state index >= 15 is 0 Å². The van der Waals surface area contributed by atoms with Gasteiger partial charge < -0.3 is 19.7 Å². The number of aryl methyl sites for hydroxylation is 1. The Kier molecular flexibility index (Phi) is 9.62. The number of benzene rings is 3. The van der Waals surface area contributed by atoms with Gasteiger partial charge in [-0.15, -0.1) is 11.8 Å². The summed E-state index contributed by atoms with van der Waals surface area (Å²) < 4.78 is 5.20. The molecule has 3 aromatic carbocycles. The maximum atomic E-state index is 12.9. The molecule has 1 aromatic heterocycles. The summed E-state index contributed by atoms with van der Waals surface area (Å²) in [5.74, 6) is -1.69. The minimum Gasteiger partial charge on any atom is -0.480 e. The van der Waals surface area contributed by atoms with Gasteiger partial charge in [0.15, 0.2) is 0 Å². The van der Waals surface area contributed by atoms with Crippen LogP contribution in [-0.2, 0) is 24.2 Å². The van der Waals surface area contributed by atoms with E-state index in [1.54, 1.807) is 24.1 Å². The standard InChI is InChI=1S/C21H22Cl2N2O3S.C9H8O/c1-25-7-6-15-13(11-25)10-16(22)18(19(15)23)20(26)24-17(21(27)28)9-12-4-3-5-14(8-12)29-2;1-7-2-3-8-4-5-10-9(8)6-7/h3-5,8,10,17H,6-7,9,11H2,1-2H3,(H,24,26)(H,27,28);2-6H,1H3/t17-;/m0./s1. The highest BCUT2D eigenvalue weighted by atomic mass is 35.5. The number of aliphatic carboxylic acids is 1. The van der Waals surface area contributed by atoms with Gasteiger partial charge in [-0.25, -0.2) is 4.79 Å². The average Bonchev–Trinajstić information content (AvgIpc) is 3.36. The van der Waals surface area contributed by atoms with E-state index in [9.17, 15) is 14.7 Å². The van der Waals surface area contributed by atoms with Crippen molar-refractivity contribution in [3.8, 4) is 0 Å². The fourth-order valence-corrected chi connectivity index (χ4v) is 5.78. The number of rotatable bonds is 6. The van der Waals surface area contributed by atoms with Crippen molar-refractivity contribution in [1.82, 2.24) is 10.2 Å². The number of halogens is 2. The molecule has 0 saturated heterocycles. The normalized spacial score (nSPS) is 13.8. The first-order valence-electron chi connectivity index (χ1n) is 12.4. The first-order valence-corrected chi connectivity index (χ1v) is 14.4. The number of nitrogens with one attached hydrogen (secondary N) is 1. The zero-order chi connectivity index (χ0) is 28.1. The minimum atomic E-state index is -1.11. The molecule has 0 radical (unpaired) electrons. The monoisotopic (exact) mass is 584 g/mol. The van der Waals surface area contributed by atoms with Crippen LogP contribution in [0.5, 0.6) is 0 Å². The van der Waals surface area contributed by atoms with Gasteiger partial charge in [-0.1, -0.05) is 47.5 Å². The third kappa shape index (κ3) is 7.17. The molecule has 0 fully saturated rings. The van der Waals surface area contributed by atoms with Gasteiger partial charge in [0.2, 0.25) is 0 Å². The number of furan rings is 1. The lowest BCUT2D eigenvalue weighted by atomic mass is 9.96. The predicted molar refractivity (Wildman–Crippen MR) is 158 cm³/mol. The van der Waals surface area contributed by atoms with Crippen molar-refractivity contribution in [3.63, 3.8) is 0 Å². The van der Waals surface area contributed by atoms with E-state index in [1.807, 2.05) is 49.7 Å². The number of likely N-dealkylation sites (N-methyl/N-ethyl adjacent to an activating group) is 1. The Morgan fingerprint density at radius 2 is 1.95 bits per heavy atom. The van der Waals surface area contributed by atoms with E-state index in [1.165, 1.54) is 10.9 Å². The SMILES string of the molecule is CSc1cccc(C[C@H](NC(=O)c2c(Cl)cc3c(c2Cl)CCN(C)C3)C(=O)O)c1.Cc1ccc2ccoc2c1. The molecule has 204 valence electrons. The molecule has 1 aliphatic rings. The van der Waals surface area contributed by atoms with Crippen LogP contribution < -0.4 is 5.32 Å². The van der Waals surface area contributed by atoms with Gasteiger partial charge in [-0.05, 0) is 79.2 Å². The molecule has 1 amide bonds. The number of hydrogen-bond acceptors (Lipinski definition) is 5. The summed E-state index contributed by atoms with van der Waals surface area (Å²) in [4.78, 5) is 27.9. The lowest BCUT2D eigenvalue weighted by Crippen LogP contribution is -2.42. The summed E-state index contributed by atoms with van der Waals surface area (Å²) in [6.45, 7) is 3.60. The molecule has 1 atom stereocenters. The van der Waals surface area contributed by atoms with Gasteiger partial charge in [-0.2, -0.15) is 0 Å². The summed E-state index contributed by atoms with van der Waals surface area (Å²) in [5.41, 5.74) is 5.08. The number of fused-ring (bicyclic) bond motifs is 2. The summed E-state index contributed by atoms with van der Waals surface area (Å²) in [6.07, 6.45) is 4.55. The highest BCUT2D eigenvalue weighted by Gasteiger charge is 2.27. The Bertz CT molecular complexity index is 1500. The van der Waals surface area contributed by atoms with Crippen LogP contribution in [0.15, 0.2) is 70.2 Å². The molecule has 5 rings (SSSR count). The van der Waals surface area contributed by atoms with Crippen LogP contribution in [0.3, 0.4) is 0 Å². The van der Waals surface area contributed by atoms with E-state index in [-0.39, 0.29) is 17.0 Å². The number of carbonyl (C=O) groups is 2. The summed E-state index contributed by atoms with van der Waals surface area (Å²) in [5, 5.41) is 13.9. The van der Waals surface area contributed by atoms with Crippen molar-refractivity contribution >= 4 is 57.8 Å². The molecule has 0 saturated carbocycles. The van der Waals surface area contributed by atoms with Gasteiger partial charge in [0.25, 0.3) is 5.91 Å². The first-order chi connectivity index (χ1) is 18.7. The largest absolute Gasteiger partial charge is 0.480 e. The molecule has 2 N–H and O–H groups in total. The highest BCUT2D eigenvalue weighted by Crippen LogP contribution is 2.34. The van der Waals surface area contributed by atoms with Crippen molar-refractivity contribution in [1.29, 1.82) is 0 Å².